The molecule has 3 heteroatoms. The Labute approximate surface area is 122 Å². The van der Waals surface area contributed by atoms with Crippen molar-refractivity contribution < 1.29 is 9.15 Å². The molecule has 0 unspecified atom stereocenters. The maximum absolute atomic E-state index is 12.7. The van der Waals surface area contributed by atoms with E-state index in [1.54, 1.807) is 7.11 Å². The molecule has 1 aromatic heterocycles. The van der Waals surface area contributed by atoms with Crippen LogP contribution in [0.2, 0.25) is 0 Å². The lowest BCUT2D eigenvalue weighted by Crippen LogP contribution is -2.06. The molecule has 0 aliphatic rings. The molecule has 21 heavy (non-hydrogen) atoms. The van der Waals surface area contributed by atoms with Crippen LogP contribution in [0, 0.1) is 13.8 Å². The Hall–Kier alpha value is -2.55. The van der Waals surface area contributed by atoms with E-state index in [1.807, 2.05) is 50.2 Å². The van der Waals surface area contributed by atoms with E-state index in [0.717, 1.165) is 22.4 Å². The summed E-state index contributed by atoms with van der Waals surface area (Å²) in [5.74, 6) is 0.760. The molecule has 0 spiro atoms. The van der Waals surface area contributed by atoms with Gasteiger partial charge in [-0.3, -0.25) is 4.79 Å². The van der Waals surface area contributed by atoms with Crippen molar-refractivity contribution in [2.75, 3.05) is 7.11 Å². The largest absolute Gasteiger partial charge is 0.497 e. The highest BCUT2D eigenvalue weighted by molar-refractivity contribution is 5.85. The molecule has 0 saturated heterocycles. The second kappa shape index (κ2) is 5.09. The van der Waals surface area contributed by atoms with Crippen molar-refractivity contribution in [3.8, 4) is 16.9 Å². The van der Waals surface area contributed by atoms with Crippen LogP contribution in [0.3, 0.4) is 0 Å². The number of hydrogen-bond acceptors (Lipinski definition) is 3. The van der Waals surface area contributed by atoms with Gasteiger partial charge in [-0.25, -0.2) is 0 Å². The Bertz CT molecular complexity index is 858. The zero-order chi connectivity index (χ0) is 15.0. The monoisotopic (exact) mass is 280 g/mol. The van der Waals surface area contributed by atoms with Crippen LogP contribution in [-0.2, 0) is 0 Å². The van der Waals surface area contributed by atoms with E-state index in [0.29, 0.717) is 16.5 Å². The molecule has 0 fully saturated rings. The summed E-state index contributed by atoms with van der Waals surface area (Å²) < 4.78 is 10.8. The van der Waals surface area contributed by atoms with Crippen molar-refractivity contribution in [3.05, 3.63) is 64.0 Å². The van der Waals surface area contributed by atoms with Crippen LogP contribution in [-0.4, -0.2) is 7.11 Å². The fourth-order valence-electron chi connectivity index (χ4n) is 2.59. The van der Waals surface area contributed by atoms with Gasteiger partial charge in [0.1, 0.15) is 17.6 Å². The molecule has 3 rings (SSSR count). The van der Waals surface area contributed by atoms with Crippen LogP contribution in [0.1, 0.15) is 11.1 Å². The van der Waals surface area contributed by atoms with E-state index < -0.39 is 0 Å². The number of ether oxygens (including phenoxy) is 1. The van der Waals surface area contributed by atoms with Crippen LogP contribution in [0.15, 0.2) is 51.9 Å². The lowest BCUT2D eigenvalue weighted by molar-refractivity contribution is 0.415. The molecule has 0 atom stereocenters. The van der Waals surface area contributed by atoms with E-state index in [4.69, 9.17) is 9.15 Å². The SMILES string of the molecule is COc1ccc(-c2coc3cc(C)cc(C)c3c2=O)cc1. The smallest absolute Gasteiger partial charge is 0.200 e. The van der Waals surface area contributed by atoms with E-state index in [9.17, 15) is 4.79 Å². The van der Waals surface area contributed by atoms with Gasteiger partial charge in [-0.05, 0) is 48.7 Å². The van der Waals surface area contributed by atoms with Crippen LogP contribution >= 0.6 is 0 Å². The predicted molar refractivity (Wildman–Crippen MR) is 83.9 cm³/mol. The molecule has 3 nitrogen and oxygen atoms in total. The van der Waals surface area contributed by atoms with Crippen molar-refractivity contribution in [2.24, 2.45) is 0 Å². The second-order valence-corrected chi connectivity index (χ2v) is 5.16. The van der Waals surface area contributed by atoms with Gasteiger partial charge in [0, 0.05) is 0 Å². The van der Waals surface area contributed by atoms with Crippen molar-refractivity contribution in [1.82, 2.24) is 0 Å². The fourth-order valence-corrected chi connectivity index (χ4v) is 2.59. The number of fused-ring (bicyclic) bond motifs is 1. The third-order valence-corrected chi connectivity index (χ3v) is 3.62. The van der Waals surface area contributed by atoms with Gasteiger partial charge >= 0.3 is 0 Å². The van der Waals surface area contributed by atoms with E-state index in [-0.39, 0.29) is 5.43 Å². The molecule has 2 aromatic carbocycles. The summed E-state index contributed by atoms with van der Waals surface area (Å²) in [6, 6.07) is 11.3. The van der Waals surface area contributed by atoms with Crippen molar-refractivity contribution in [2.45, 2.75) is 13.8 Å². The average Bonchev–Trinajstić information content (AvgIpc) is 2.47. The summed E-state index contributed by atoms with van der Waals surface area (Å²) in [6.07, 6.45) is 1.53. The molecule has 106 valence electrons. The first kappa shape index (κ1) is 13.4. The topological polar surface area (TPSA) is 39.4 Å². The zero-order valence-corrected chi connectivity index (χ0v) is 12.3. The molecule has 0 N–H and O–H groups in total. The van der Waals surface area contributed by atoms with Crippen LogP contribution in [0.5, 0.6) is 5.75 Å². The molecule has 0 amide bonds. The number of aryl methyl sites for hydroxylation is 2. The van der Waals surface area contributed by atoms with Gasteiger partial charge < -0.3 is 9.15 Å². The van der Waals surface area contributed by atoms with Crippen LogP contribution in [0.4, 0.5) is 0 Å². The van der Waals surface area contributed by atoms with Gasteiger partial charge in [-0.15, -0.1) is 0 Å². The highest BCUT2D eigenvalue weighted by atomic mass is 16.5. The van der Waals surface area contributed by atoms with Crippen molar-refractivity contribution in [1.29, 1.82) is 0 Å². The standard InChI is InChI=1S/C18H16O3/c1-11-8-12(2)17-16(9-11)21-10-15(18(17)19)13-4-6-14(20-3)7-5-13/h4-10H,1-3H3. The molecule has 0 aliphatic heterocycles. The van der Waals surface area contributed by atoms with E-state index in [2.05, 4.69) is 0 Å². The van der Waals surface area contributed by atoms with Gasteiger partial charge in [0.2, 0.25) is 5.43 Å². The Balaban J connectivity index is 2.24. The second-order valence-electron chi connectivity index (χ2n) is 5.16. The quantitative estimate of drug-likeness (QED) is 0.710. The minimum absolute atomic E-state index is 0.00100. The number of hydrogen-bond donors (Lipinski definition) is 0. The Morgan fingerprint density at radius 1 is 1.05 bits per heavy atom. The van der Waals surface area contributed by atoms with Gasteiger partial charge in [0.25, 0.3) is 0 Å². The molecule has 0 saturated carbocycles. The Morgan fingerprint density at radius 2 is 1.76 bits per heavy atom. The summed E-state index contributed by atoms with van der Waals surface area (Å²) in [6.45, 7) is 3.92. The first-order chi connectivity index (χ1) is 10.1. The third-order valence-electron chi connectivity index (χ3n) is 3.62. The van der Waals surface area contributed by atoms with Gasteiger partial charge in [-0.1, -0.05) is 18.2 Å². The molecule has 3 aromatic rings. The number of methoxy groups -OCH3 is 1. The maximum atomic E-state index is 12.7. The molecule has 0 aliphatic carbocycles. The minimum Gasteiger partial charge on any atom is -0.497 e. The first-order valence-electron chi connectivity index (χ1n) is 6.77. The highest BCUT2D eigenvalue weighted by Gasteiger charge is 2.11. The summed E-state index contributed by atoms with van der Waals surface area (Å²) in [4.78, 5) is 12.7. The maximum Gasteiger partial charge on any atom is 0.200 e. The third kappa shape index (κ3) is 2.31. The molecule has 1 heterocycles. The van der Waals surface area contributed by atoms with E-state index in [1.165, 1.54) is 6.26 Å². The Kier molecular flexibility index (Phi) is 3.26. The van der Waals surface area contributed by atoms with Crippen LogP contribution < -0.4 is 10.2 Å². The van der Waals surface area contributed by atoms with E-state index >= 15 is 0 Å². The highest BCUT2D eigenvalue weighted by Crippen LogP contribution is 2.24. The lowest BCUT2D eigenvalue weighted by atomic mass is 10.0. The lowest BCUT2D eigenvalue weighted by Gasteiger charge is -2.07. The zero-order valence-electron chi connectivity index (χ0n) is 12.3. The van der Waals surface area contributed by atoms with Gasteiger partial charge in [-0.2, -0.15) is 0 Å². The number of rotatable bonds is 2. The molecular formula is C18H16O3. The molecule has 0 bridgehead atoms. The fraction of sp³-hybridized carbons (Fsp3) is 0.167. The molecular weight excluding hydrogens is 264 g/mol. The van der Waals surface area contributed by atoms with Crippen molar-refractivity contribution in [3.63, 3.8) is 0 Å². The first-order valence-corrected chi connectivity index (χ1v) is 6.77. The molecule has 0 radical (unpaired) electrons. The number of benzene rings is 2. The van der Waals surface area contributed by atoms with Crippen LogP contribution in [0.25, 0.3) is 22.1 Å². The van der Waals surface area contributed by atoms with Gasteiger partial charge in [0.05, 0.1) is 18.1 Å². The van der Waals surface area contributed by atoms with Gasteiger partial charge in [0.15, 0.2) is 0 Å². The summed E-state index contributed by atoms with van der Waals surface area (Å²) >= 11 is 0. The minimum atomic E-state index is -0.00100. The summed E-state index contributed by atoms with van der Waals surface area (Å²) in [7, 11) is 1.62. The normalized spacial score (nSPS) is 10.8. The average molecular weight is 280 g/mol. The van der Waals surface area contributed by atoms with Crippen molar-refractivity contribution >= 4 is 11.0 Å². The summed E-state index contributed by atoms with van der Waals surface area (Å²) in [5, 5.41) is 0.647. The Morgan fingerprint density at radius 3 is 2.43 bits per heavy atom. The predicted octanol–water partition coefficient (Wildman–Crippen LogP) is 4.09. The summed E-state index contributed by atoms with van der Waals surface area (Å²) in [5.41, 5.74) is 4.05.